The van der Waals surface area contributed by atoms with E-state index in [-0.39, 0.29) is 11.8 Å². The number of amides is 2. The Hall–Kier alpha value is -2.66. The fourth-order valence-corrected chi connectivity index (χ4v) is 3.53. The Balaban J connectivity index is 1.48. The molecule has 1 N–H and O–H groups in total. The number of carbonyl (C=O) groups excluding carboxylic acids is 2. The molecule has 1 heterocycles. The highest BCUT2D eigenvalue weighted by atomic mass is 16.2. The van der Waals surface area contributed by atoms with Crippen LogP contribution in [0.1, 0.15) is 46.8 Å². The Kier molecular flexibility index (Phi) is 6.70. The fourth-order valence-electron chi connectivity index (χ4n) is 3.53. The summed E-state index contributed by atoms with van der Waals surface area (Å²) in [6, 6.07) is 13.8. The molecule has 1 saturated heterocycles. The first-order valence-corrected chi connectivity index (χ1v) is 10.3. The molecule has 1 aliphatic rings. The van der Waals surface area contributed by atoms with Gasteiger partial charge in [0.05, 0.1) is 6.54 Å². The van der Waals surface area contributed by atoms with Crippen molar-refractivity contribution in [3.63, 3.8) is 0 Å². The van der Waals surface area contributed by atoms with Crippen molar-refractivity contribution in [2.75, 3.05) is 38.0 Å². The van der Waals surface area contributed by atoms with Crippen molar-refractivity contribution in [1.82, 2.24) is 9.80 Å². The van der Waals surface area contributed by atoms with Gasteiger partial charge in [-0.3, -0.25) is 14.5 Å². The van der Waals surface area contributed by atoms with Gasteiger partial charge in [-0.25, -0.2) is 0 Å². The van der Waals surface area contributed by atoms with Gasteiger partial charge in [0.15, 0.2) is 0 Å². The zero-order chi connectivity index (χ0) is 21.0. The van der Waals surface area contributed by atoms with Gasteiger partial charge < -0.3 is 10.2 Å². The van der Waals surface area contributed by atoms with Gasteiger partial charge in [0.2, 0.25) is 5.91 Å². The molecule has 0 spiro atoms. The van der Waals surface area contributed by atoms with Gasteiger partial charge in [-0.1, -0.05) is 32.0 Å². The van der Waals surface area contributed by atoms with Crippen molar-refractivity contribution in [2.45, 2.75) is 33.6 Å². The summed E-state index contributed by atoms with van der Waals surface area (Å²) in [5.74, 6) is 0.509. The third-order valence-electron chi connectivity index (χ3n) is 5.64. The van der Waals surface area contributed by atoms with Crippen LogP contribution in [0, 0.1) is 13.8 Å². The highest BCUT2D eigenvalue weighted by molar-refractivity contribution is 5.94. The second-order valence-electron chi connectivity index (χ2n) is 8.19. The van der Waals surface area contributed by atoms with Crippen molar-refractivity contribution < 1.29 is 9.59 Å². The van der Waals surface area contributed by atoms with Crippen LogP contribution in [0.2, 0.25) is 0 Å². The standard InChI is InChI=1S/C24H31N3O2/c1-17(2)20-6-8-21(9-7-20)24(29)27-13-11-26(12-14-27)16-23(28)25-22-10-5-18(3)19(4)15-22/h5-10,15,17H,11-14,16H2,1-4H3,(H,25,28). The fraction of sp³-hybridized carbons (Fsp3) is 0.417. The van der Waals surface area contributed by atoms with Crippen LogP contribution in [0.4, 0.5) is 5.69 Å². The average Bonchev–Trinajstić information content (AvgIpc) is 2.71. The SMILES string of the molecule is Cc1ccc(NC(=O)CN2CCN(C(=O)c3ccc(C(C)C)cc3)CC2)cc1C. The molecule has 0 aromatic heterocycles. The first-order valence-electron chi connectivity index (χ1n) is 10.3. The van der Waals surface area contributed by atoms with E-state index in [0.29, 0.717) is 38.6 Å². The van der Waals surface area contributed by atoms with E-state index in [1.807, 2.05) is 54.3 Å². The smallest absolute Gasteiger partial charge is 0.253 e. The van der Waals surface area contributed by atoms with E-state index < -0.39 is 0 Å². The van der Waals surface area contributed by atoms with Gasteiger partial charge in [-0.2, -0.15) is 0 Å². The van der Waals surface area contributed by atoms with Crippen molar-refractivity contribution in [2.24, 2.45) is 0 Å². The van der Waals surface area contributed by atoms with Crippen molar-refractivity contribution in [3.8, 4) is 0 Å². The summed E-state index contributed by atoms with van der Waals surface area (Å²) in [4.78, 5) is 29.1. The second kappa shape index (κ2) is 9.23. The van der Waals surface area contributed by atoms with Crippen LogP contribution in [0.15, 0.2) is 42.5 Å². The Morgan fingerprint density at radius 1 is 0.931 bits per heavy atom. The molecule has 0 bridgehead atoms. The summed E-state index contributed by atoms with van der Waals surface area (Å²) < 4.78 is 0. The quantitative estimate of drug-likeness (QED) is 0.840. The zero-order valence-corrected chi connectivity index (χ0v) is 17.9. The molecule has 29 heavy (non-hydrogen) atoms. The minimum Gasteiger partial charge on any atom is -0.336 e. The van der Waals surface area contributed by atoms with E-state index >= 15 is 0 Å². The monoisotopic (exact) mass is 393 g/mol. The number of benzene rings is 2. The van der Waals surface area contributed by atoms with Gasteiger partial charge in [-0.05, 0) is 60.7 Å². The molecule has 2 amide bonds. The first kappa shape index (κ1) is 21.1. The van der Waals surface area contributed by atoms with Crippen LogP contribution in [-0.2, 0) is 4.79 Å². The maximum absolute atomic E-state index is 12.7. The van der Waals surface area contributed by atoms with Crippen LogP contribution >= 0.6 is 0 Å². The maximum Gasteiger partial charge on any atom is 0.253 e. The van der Waals surface area contributed by atoms with Crippen molar-refractivity contribution >= 4 is 17.5 Å². The molecule has 0 aliphatic carbocycles. The van der Waals surface area contributed by atoms with Crippen LogP contribution in [-0.4, -0.2) is 54.3 Å². The topological polar surface area (TPSA) is 52.7 Å². The highest BCUT2D eigenvalue weighted by Gasteiger charge is 2.23. The molecule has 0 unspecified atom stereocenters. The minimum atomic E-state index is -0.0164. The lowest BCUT2D eigenvalue weighted by molar-refractivity contribution is -0.117. The van der Waals surface area contributed by atoms with Gasteiger partial charge in [-0.15, -0.1) is 0 Å². The number of aryl methyl sites for hydroxylation is 2. The molecule has 0 atom stereocenters. The molecule has 0 radical (unpaired) electrons. The Labute approximate surface area is 173 Å². The predicted molar refractivity (Wildman–Crippen MR) is 117 cm³/mol. The molecule has 5 heteroatoms. The number of anilines is 1. The summed E-state index contributed by atoms with van der Waals surface area (Å²) in [6.07, 6.45) is 0. The van der Waals surface area contributed by atoms with E-state index in [9.17, 15) is 9.59 Å². The molecular formula is C24H31N3O2. The molecule has 3 rings (SSSR count). The van der Waals surface area contributed by atoms with Crippen molar-refractivity contribution in [3.05, 3.63) is 64.7 Å². The second-order valence-corrected chi connectivity index (χ2v) is 8.19. The molecule has 1 fully saturated rings. The molecule has 1 aliphatic heterocycles. The summed E-state index contributed by atoms with van der Waals surface area (Å²) in [5.41, 5.74) is 5.17. The van der Waals surface area contributed by atoms with Crippen LogP contribution in [0.3, 0.4) is 0 Å². The van der Waals surface area contributed by atoms with Crippen LogP contribution in [0.5, 0.6) is 0 Å². The third-order valence-corrected chi connectivity index (χ3v) is 5.64. The first-order chi connectivity index (χ1) is 13.8. The lowest BCUT2D eigenvalue weighted by atomic mass is 10.0. The minimum absolute atomic E-state index is 0.0164. The molecule has 0 saturated carbocycles. The van der Waals surface area contributed by atoms with Gasteiger partial charge in [0, 0.05) is 37.4 Å². The summed E-state index contributed by atoms with van der Waals surface area (Å²) in [5, 5.41) is 2.97. The number of hydrogen-bond donors (Lipinski definition) is 1. The average molecular weight is 394 g/mol. The Morgan fingerprint density at radius 3 is 2.17 bits per heavy atom. The van der Waals surface area contributed by atoms with Crippen LogP contribution < -0.4 is 5.32 Å². The van der Waals surface area contributed by atoms with E-state index in [0.717, 1.165) is 16.8 Å². The number of nitrogens with one attached hydrogen (secondary N) is 1. The molecule has 2 aromatic rings. The maximum atomic E-state index is 12.7. The summed E-state index contributed by atoms with van der Waals surface area (Å²) in [7, 11) is 0. The number of carbonyl (C=O) groups is 2. The van der Waals surface area contributed by atoms with E-state index in [2.05, 4.69) is 31.0 Å². The van der Waals surface area contributed by atoms with Gasteiger partial charge in [0.1, 0.15) is 0 Å². The number of hydrogen-bond acceptors (Lipinski definition) is 3. The summed E-state index contributed by atoms with van der Waals surface area (Å²) >= 11 is 0. The van der Waals surface area contributed by atoms with Crippen LogP contribution in [0.25, 0.3) is 0 Å². The van der Waals surface area contributed by atoms with E-state index in [1.165, 1.54) is 11.1 Å². The molecule has 154 valence electrons. The van der Waals surface area contributed by atoms with Gasteiger partial charge in [0.25, 0.3) is 5.91 Å². The molecular weight excluding hydrogens is 362 g/mol. The number of rotatable bonds is 5. The summed E-state index contributed by atoms with van der Waals surface area (Å²) in [6.45, 7) is 11.4. The molecule has 5 nitrogen and oxygen atoms in total. The van der Waals surface area contributed by atoms with E-state index in [4.69, 9.17) is 0 Å². The largest absolute Gasteiger partial charge is 0.336 e. The normalized spacial score (nSPS) is 14.9. The predicted octanol–water partition coefficient (Wildman–Crippen LogP) is 3.82. The number of piperazine rings is 1. The van der Waals surface area contributed by atoms with Crippen molar-refractivity contribution in [1.29, 1.82) is 0 Å². The highest BCUT2D eigenvalue weighted by Crippen LogP contribution is 2.17. The Bertz CT molecular complexity index is 866. The lowest BCUT2D eigenvalue weighted by Crippen LogP contribution is -2.50. The third kappa shape index (κ3) is 5.45. The van der Waals surface area contributed by atoms with Gasteiger partial charge >= 0.3 is 0 Å². The lowest BCUT2D eigenvalue weighted by Gasteiger charge is -2.34. The van der Waals surface area contributed by atoms with E-state index in [1.54, 1.807) is 0 Å². The molecule has 2 aromatic carbocycles. The number of nitrogens with zero attached hydrogens (tertiary/aromatic N) is 2. The Morgan fingerprint density at radius 2 is 1.59 bits per heavy atom. The zero-order valence-electron chi connectivity index (χ0n) is 17.9.